The molecule has 10 aromatic rings. The summed E-state index contributed by atoms with van der Waals surface area (Å²) < 4.78 is 7.39. The van der Waals surface area contributed by atoms with E-state index in [1.54, 1.807) is 0 Å². The molecule has 0 saturated carbocycles. The second-order valence-corrected chi connectivity index (χ2v) is 36.0. The van der Waals surface area contributed by atoms with Crippen LogP contribution < -0.4 is 0 Å². The summed E-state index contributed by atoms with van der Waals surface area (Å²) in [7, 11) is 0. The molecule has 4 aromatic carbocycles. The van der Waals surface area contributed by atoms with Crippen LogP contribution in [0.3, 0.4) is 0 Å². The van der Waals surface area contributed by atoms with E-state index in [1.165, 1.54) is 227 Å². The summed E-state index contributed by atoms with van der Waals surface area (Å²) in [4.78, 5) is 4.68. The third kappa shape index (κ3) is 20.2. The Labute approximate surface area is 629 Å². The molecule has 0 unspecified atom stereocenters. The lowest BCUT2D eigenvalue weighted by molar-refractivity contribution is 0.127. The van der Waals surface area contributed by atoms with E-state index in [-0.39, 0.29) is 0 Å². The summed E-state index contributed by atoms with van der Waals surface area (Å²) in [6.07, 6.45) is 46.2. The quantitative estimate of drug-likeness (QED) is 0.0373. The molecule has 100 heavy (non-hydrogen) atoms. The molecule has 0 saturated heterocycles. The number of hydrogen-bond donors (Lipinski definition) is 2. The zero-order valence-corrected chi connectivity index (χ0v) is 67.9. The standard InChI is InChI=1S/C92H124O2S6/c1-9-17-25-33-41-67-53-68(42-34-26-18-10-2)58-75(57-67)91(93,76-59-69(43-35-27-19-11-3)54-70(60-76)44-36-28-20-12-4)85-87(83-65-81-79(97-83)49-51-95-81)99-90-86(88(100-89(85)90)84-66-82-80(98-84)50-52-96-82)92(94,77-61-71(45-37-29-21-13-5)55-72(62-77)46-38-30-22-14-6)78-63-73(47-39-31-23-15-7)56-74(64-78)48-40-32-24-16-8/h49-66,93-94H,9-48H2,1-8H3. The van der Waals surface area contributed by atoms with Crippen LogP contribution in [0.25, 0.3) is 47.7 Å². The Morgan fingerprint density at radius 2 is 0.470 bits per heavy atom. The number of rotatable bonds is 48. The molecule has 0 bridgehead atoms. The molecule has 540 valence electrons. The summed E-state index contributed by atoms with van der Waals surface area (Å²) in [5.41, 5.74) is 13.6. The number of unbranched alkanes of at least 4 members (excludes halogenated alkanes) is 24. The maximum atomic E-state index is 16.0. The first-order chi connectivity index (χ1) is 49.0. The van der Waals surface area contributed by atoms with Crippen LogP contribution in [-0.2, 0) is 62.6 Å². The molecule has 0 atom stereocenters. The van der Waals surface area contributed by atoms with Gasteiger partial charge in [0.05, 0.1) is 19.2 Å². The van der Waals surface area contributed by atoms with Crippen molar-refractivity contribution < 1.29 is 10.2 Å². The fraction of sp³-hybridized carbons (Fsp3) is 0.543. The Kier molecular flexibility index (Phi) is 31.6. The molecular formula is C92H124O2S6. The van der Waals surface area contributed by atoms with E-state index >= 15 is 10.2 Å². The second-order valence-electron chi connectivity index (χ2n) is 29.8. The maximum absolute atomic E-state index is 16.0. The van der Waals surface area contributed by atoms with Gasteiger partial charge in [-0.2, -0.15) is 0 Å². The van der Waals surface area contributed by atoms with E-state index < -0.39 is 11.2 Å². The Morgan fingerprint density at radius 3 is 0.670 bits per heavy atom. The number of aryl methyl sites for hydroxylation is 8. The van der Waals surface area contributed by atoms with E-state index in [2.05, 4.69) is 163 Å². The highest BCUT2D eigenvalue weighted by Crippen LogP contribution is 2.61. The SMILES string of the molecule is CCCCCCc1cc(CCCCCC)cc(C(O)(c2cc(CCCCCC)cc(CCCCCC)c2)c2c(-c3cc4sccc4s3)sc3c(C(O)(c4cc(CCCCCC)cc(CCCCCC)c4)c4cc(CCCCCC)cc(CCCCCC)c4)c(-c4cc5sccc5s4)sc23)c1. The number of aliphatic hydroxyl groups is 2. The average molecular weight is 1450 g/mol. The van der Waals surface area contributed by atoms with Gasteiger partial charge in [-0.1, -0.05) is 282 Å². The Balaban J connectivity index is 1.37. The van der Waals surface area contributed by atoms with Gasteiger partial charge >= 0.3 is 0 Å². The van der Waals surface area contributed by atoms with Gasteiger partial charge in [0.25, 0.3) is 0 Å². The molecule has 6 aromatic heterocycles. The van der Waals surface area contributed by atoms with Crippen molar-refractivity contribution in [3.63, 3.8) is 0 Å². The first kappa shape index (κ1) is 78.4. The van der Waals surface area contributed by atoms with Gasteiger partial charge in [-0.25, -0.2) is 0 Å². The van der Waals surface area contributed by atoms with Crippen molar-refractivity contribution in [2.24, 2.45) is 0 Å². The summed E-state index contributed by atoms with van der Waals surface area (Å²) in [6.45, 7) is 18.6. The van der Waals surface area contributed by atoms with Gasteiger partial charge in [0, 0.05) is 39.7 Å². The number of thiophene rings is 6. The molecule has 0 amide bonds. The van der Waals surface area contributed by atoms with Crippen LogP contribution in [0.2, 0.25) is 0 Å². The normalized spacial score (nSPS) is 12.3. The van der Waals surface area contributed by atoms with E-state index in [4.69, 9.17) is 0 Å². The van der Waals surface area contributed by atoms with Crippen LogP contribution in [0.1, 0.15) is 339 Å². The fourth-order valence-corrected chi connectivity index (χ4v) is 23.2. The molecule has 0 spiro atoms. The van der Waals surface area contributed by atoms with Crippen LogP contribution in [0.4, 0.5) is 0 Å². The lowest BCUT2D eigenvalue weighted by atomic mass is 9.75. The first-order valence-electron chi connectivity index (χ1n) is 40.5. The number of fused-ring (bicyclic) bond motifs is 3. The topological polar surface area (TPSA) is 40.5 Å². The molecule has 2 N–H and O–H groups in total. The van der Waals surface area contributed by atoms with Crippen molar-refractivity contribution >= 4 is 96.2 Å². The molecule has 6 heterocycles. The minimum absolute atomic E-state index is 0.992. The lowest BCUT2D eigenvalue weighted by Gasteiger charge is -2.32. The van der Waals surface area contributed by atoms with Crippen molar-refractivity contribution in [3.05, 3.63) is 186 Å². The highest BCUT2D eigenvalue weighted by atomic mass is 32.1. The van der Waals surface area contributed by atoms with E-state index in [0.29, 0.717) is 0 Å². The molecule has 0 aliphatic rings. The fourth-order valence-electron chi connectivity index (χ4n) is 15.7. The molecule has 0 aliphatic carbocycles. The molecule has 0 aliphatic heterocycles. The van der Waals surface area contributed by atoms with Gasteiger partial charge in [0.1, 0.15) is 11.2 Å². The van der Waals surface area contributed by atoms with Gasteiger partial charge in [-0.05, 0) is 205 Å². The minimum atomic E-state index is -1.58. The summed E-state index contributed by atoms with van der Waals surface area (Å²) in [6, 6.07) is 39.4. The summed E-state index contributed by atoms with van der Waals surface area (Å²) >= 11 is 11.2. The van der Waals surface area contributed by atoms with Crippen LogP contribution in [0.15, 0.2) is 108 Å². The van der Waals surface area contributed by atoms with Crippen LogP contribution >= 0.6 is 68.0 Å². The number of benzene rings is 4. The zero-order chi connectivity index (χ0) is 70.1. The van der Waals surface area contributed by atoms with Crippen molar-refractivity contribution in [2.45, 2.75) is 323 Å². The molecule has 2 nitrogen and oxygen atoms in total. The van der Waals surface area contributed by atoms with E-state index in [1.807, 2.05) is 68.0 Å². The maximum Gasteiger partial charge on any atom is 0.143 e. The lowest BCUT2D eigenvalue weighted by Crippen LogP contribution is -2.30. The van der Waals surface area contributed by atoms with Gasteiger partial charge in [0.15, 0.2) is 0 Å². The summed E-state index contributed by atoms with van der Waals surface area (Å²) in [5.74, 6) is 0. The summed E-state index contributed by atoms with van der Waals surface area (Å²) in [5, 5.41) is 36.5. The third-order valence-corrected chi connectivity index (χ3v) is 28.5. The third-order valence-electron chi connectivity index (χ3n) is 21.4. The van der Waals surface area contributed by atoms with E-state index in [9.17, 15) is 0 Å². The Morgan fingerprint density at radius 1 is 0.250 bits per heavy atom. The van der Waals surface area contributed by atoms with Crippen molar-refractivity contribution in [2.75, 3.05) is 0 Å². The van der Waals surface area contributed by atoms with Gasteiger partial charge in [-0.3, -0.25) is 0 Å². The predicted octanol–water partition coefficient (Wildman–Crippen LogP) is 30.4. The van der Waals surface area contributed by atoms with Crippen LogP contribution in [0, 0.1) is 0 Å². The van der Waals surface area contributed by atoms with E-state index in [0.717, 1.165) is 155 Å². The monoisotopic (exact) mass is 1450 g/mol. The van der Waals surface area contributed by atoms with Gasteiger partial charge in [0.2, 0.25) is 0 Å². The van der Waals surface area contributed by atoms with Crippen molar-refractivity contribution in [1.29, 1.82) is 0 Å². The Bertz CT molecular complexity index is 3470. The zero-order valence-electron chi connectivity index (χ0n) is 63.0. The minimum Gasteiger partial charge on any atom is -0.376 e. The predicted molar refractivity (Wildman–Crippen MR) is 450 cm³/mol. The van der Waals surface area contributed by atoms with Crippen molar-refractivity contribution in [1.82, 2.24) is 0 Å². The largest absolute Gasteiger partial charge is 0.376 e. The molecule has 10 rings (SSSR count). The molecule has 8 heteroatoms. The molecule has 0 radical (unpaired) electrons. The highest BCUT2D eigenvalue weighted by Gasteiger charge is 2.46. The number of hydrogen-bond acceptors (Lipinski definition) is 8. The van der Waals surface area contributed by atoms with Gasteiger partial charge in [-0.15, -0.1) is 68.0 Å². The van der Waals surface area contributed by atoms with Crippen LogP contribution in [-0.4, -0.2) is 10.2 Å². The highest BCUT2D eigenvalue weighted by molar-refractivity contribution is 7.36. The first-order valence-corrected chi connectivity index (χ1v) is 45.5. The molecular weight excluding hydrogens is 1330 g/mol. The smallest absolute Gasteiger partial charge is 0.143 e. The van der Waals surface area contributed by atoms with Crippen LogP contribution in [0.5, 0.6) is 0 Å². The van der Waals surface area contributed by atoms with Gasteiger partial charge < -0.3 is 10.2 Å². The van der Waals surface area contributed by atoms with Crippen molar-refractivity contribution in [3.8, 4) is 19.5 Å². The average Bonchev–Trinajstić information content (AvgIpc) is 1.54. The Hall–Kier alpha value is -4.22. The second kappa shape index (κ2) is 40.3. The molecule has 0 fully saturated rings.